The van der Waals surface area contributed by atoms with Crippen molar-refractivity contribution in [1.29, 1.82) is 0 Å². The lowest BCUT2D eigenvalue weighted by atomic mass is 10.1. The van der Waals surface area contributed by atoms with Crippen LogP contribution in [0.2, 0.25) is 0 Å². The smallest absolute Gasteiger partial charge is 0.416 e. The van der Waals surface area contributed by atoms with Crippen LogP contribution in [0.25, 0.3) is 0 Å². The summed E-state index contributed by atoms with van der Waals surface area (Å²) in [5.41, 5.74) is 5.32. The Morgan fingerprint density at radius 2 is 1.82 bits per heavy atom. The Hall–Kier alpha value is -3.86. The van der Waals surface area contributed by atoms with Gasteiger partial charge in [-0.15, -0.1) is 0 Å². The molecule has 0 saturated heterocycles. The Kier molecular flexibility index (Phi) is 5.58. The van der Waals surface area contributed by atoms with E-state index in [-0.39, 0.29) is 11.9 Å². The van der Waals surface area contributed by atoms with Gasteiger partial charge in [-0.2, -0.15) is 13.2 Å². The molecule has 11 heteroatoms. The molecule has 1 atom stereocenters. The van der Waals surface area contributed by atoms with Gasteiger partial charge in [0.1, 0.15) is 18.3 Å². The number of aliphatic imine (C=N–C) groups is 1. The third-order valence-corrected chi connectivity index (χ3v) is 5.15. The van der Waals surface area contributed by atoms with Crippen LogP contribution in [0.3, 0.4) is 0 Å². The van der Waals surface area contributed by atoms with E-state index in [2.05, 4.69) is 4.99 Å². The van der Waals surface area contributed by atoms with Gasteiger partial charge in [0.2, 0.25) is 5.88 Å². The van der Waals surface area contributed by atoms with Crippen molar-refractivity contribution in [2.45, 2.75) is 12.3 Å². The van der Waals surface area contributed by atoms with Crippen molar-refractivity contribution in [3.8, 4) is 0 Å². The third kappa shape index (κ3) is 4.14. The number of halogens is 4. The highest BCUT2D eigenvalue weighted by molar-refractivity contribution is 5.99. The van der Waals surface area contributed by atoms with Crippen LogP contribution < -0.4 is 15.5 Å². The fourth-order valence-corrected chi connectivity index (χ4v) is 3.69. The van der Waals surface area contributed by atoms with Gasteiger partial charge in [0.15, 0.2) is 0 Å². The summed E-state index contributed by atoms with van der Waals surface area (Å²) >= 11 is 0. The molecule has 3 aromatic rings. The highest BCUT2D eigenvalue weighted by Gasteiger charge is 2.33. The standard InChI is InChI=1S/C22H19F4N5O2/c1-29(2)20-16-9-10-33-19(16)28-12-30(20)14-4-6-15(7-5-14)31(21(27)32)18-11-13(22(24,25)26)3-8-17(18)23/h3-12,20H,1-2H3,(H2,27,32). The summed E-state index contributed by atoms with van der Waals surface area (Å²) in [5.74, 6) is -0.532. The molecular formula is C22H19F4N5O2. The van der Waals surface area contributed by atoms with E-state index in [1.807, 2.05) is 30.0 Å². The van der Waals surface area contributed by atoms with E-state index in [0.29, 0.717) is 34.7 Å². The molecular weight excluding hydrogens is 442 g/mol. The number of primary amides is 1. The summed E-state index contributed by atoms with van der Waals surface area (Å²) in [4.78, 5) is 20.9. The molecule has 2 amide bonds. The average Bonchev–Trinajstić information content (AvgIpc) is 3.22. The van der Waals surface area contributed by atoms with Gasteiger partial charge in [0, 0.05) is 5.69 Å². The molecule has 2 heterocycles. The van der Waals surface area contributed by atoms with E-state index in [1.165, 1.54) is 12.1 Å². The summed E-state index contributed by atoms with van der Waals surface area (Å²) in [6, 6.07) is 8.66. The van der Waals surface area contributed by atoms with Crippen LogP contribution in [-0.4, -0.2) is 31.4 Å². The Morgan fingerprint density at radius 1 is 1.12 bits per heavy atom. The number of urea groups is 1. The van der Waals surface area contributed by atoms with Crippen LogP contribution in [0.1, 0.15) is 17.3 Å². The van der Waals surface area contributed by atoms with Gasteiger partial charge in [-0.05, 0) is 62.6 Å². The van der Waals surface area contributed by atoms with Gasteiger partial charge in [0.05, 0.1) is 28.8 Å². The number of anilines is 3. The van der Waals surface area contributed by atoms with Crippen molar-refractivity contribution < 1.29 is 26.8 Å². The number of rotatable bonds is 4. The highest BCUT2D eigenvalue weighted by atomic mass is 19.4. The van der Waals surface area contributed by atoms with Crippen molar-refractivity contribution in [3.05, 3.63) is 71.7 Å². The summed E-state index contributed by atoms with van der Waals surface area (Å²) < 4.78 is 59.2. The summed E-state index contributed by atoms with van der Waals surface area (Å²) in [6.07, 6.45) is -1.82. The second-order valence-electron chi connectivity index (χ2n) is 7.52. The van der Waals surface area contributed by atoms with Crippen LogP contribution in [-0.2, 0) is 6.18 Å². The normalized spacial score (nSPS) is 15.6. The van der Waals surface area contributed by atoms with Crippen molar-refractivity contribution in [2.75, 3.05) is 23.9 Å². The first-order valence-electron chi connectivity index (χ1n) is 9.70. The van der Waals surface area contributed by atoms with E-state index in [9.17, 15) is 22.4 Å². The topological polar surface area (TPSA) is 78.3 Å². The van der Waals surface area contributed by atoms with Gasteiger partial charge in [0.25, 0.3) is 0 Å². The fraction of sp³-hybridized carbons (Fsp3) is 0.182. The van der Waals surface area contributed by atoms with Crippen molar-refractivity contribution >= 4 is 35.3 Å². The largest absolute Gasteiger partial charge is 0.446 e. The summed E-state index contributed by atoms with van der Waals surface area (Å²) in [6.45, 7) is 0. The van der Waals surface area contributed by atoms with Gasteiger partial charge in [-0.25, -0.2) is 14.2 Å². The van der Waals surface area contributed by atoms with E-state index in [4.69, 9.17) is 10.2 Å². The second-order valence-corrected chi connectivity index (χ2v) is 7.52. The van der Waals surface area contributed by atoms with Crippen LogP contribution in [0, 0.1) is 5.82 Å². The van der Waals surface area contributed by atoms with Crippen molar-refractivity contribution in [3.63, 3.8) is 0 Å². The molecule has 2 N–H and O–H groups in total. The minimum absolute atomic E-state index is 0.101. The third-order valence-electron chi connectivity index (χ3n) is 5.15. The zero-order valence-corrected chi connectivity index (χ0v) is 17.5. The Labute approximate surface area is 186 Å². The highest BCUT2D eigenvalue weighted by Crippen LogP contribution is 2.39. The van der Waals surface area contributed by atoms with Gasteiger partial charge in [-0.1, -0.05) is 0 Å². The number of hydrogen-bond donors (Lipinski definition) is 1. The fourth-order valence-electron chi connectivity index (χ4n) is 3.69. The Morgan fingerprint density at radius 3 is 2.42 bits per heavy atom. The number of benzene rings is 2. The first-order valence-corrected chi connectivity index (χ1v) is 9.70. The van der Waals surface area contributed by atoms with E-state index >= 15 is 0 Å². The summed E-state index contributed by atoms with van der Waals surface area (Å²) in [5, 5.41) is 0. The minimum atomic E-state index is -4.71. The number of carbonyl (C=O) groups excluding carboxylic acids is 1. The maximum Gasteiger partial charge on any atom is 0.416 e. The number of amides is 2. The molecule has 1 aliphatic heterocycles. The van der Waals surface area contributed by atoms with Crippen LogP contribution in [0.5, 0.6) is 0 Å². The molecule has 0 radical (unpaired) electrons. The molecule has 4 rings (SSSR count). The first kappa shape index (κ1) is 22.3. The molecule has 0 fully saturated rings. The quantitative estimate of drug-likeness (QED) is 0.528. The zero-order chi connectivity index (χ0) is 23.9. The molecule has 1 aromatic heterocycles. The van der Waals surface area contributed by atoms with E-state index in [0.717, 1.165) is 5.56 Å². The lowest BCUT2D eigenvalue weighted by Crippen LogP contribution is -2.38. The van der Waals surface area contributed by atoms with Crippen molar-refractivity contribution in [2.24, 2.45) is 10.7 Å². The first-order chi connectivity index (χ1) is 15.6. The molecule has 33 heavy (non-hydrogen) atoms. The lowest BCUT2D eigenvalue weighted by molar-refractivity contribution is -0.137. The Bertz CT molecular complexity index is 1200. The van der Waals surface area contributed by atoms with Gasteiger partial charge in [-0.3, -0.25) is 9.80 Å². The number of carbonyl (C=O) groups is 1. The maximum atomic E-state index is 14.4. The molecule has 0 bridgehead atoms. The number of fused-ring (bicyclic) bond motifs is 1. The number of alkyl halides is 3. The molecule has 0 saturated carbocycles. The Balaban J connectivity index is 1.70. The molecule has 2 aromatic carbocycles. The number of nitrogens with two attached hydrogens (primary N) is 1. The van der Waals surface area contributed by atoms with Crippen LogP contribution in [0.15, 0.2) is 64.2 Å². The second kappa shape index (κ2) is 8.24. The summed E-state index contributed by atoms with van der Waals surface area (Å²) in [7, 11) is 3.76. The predicted molar refractivity (Wildman–Crippen MR) is 115 cm³/mol. The predicted octanol–water partition coefficient (Wildman–Crippen LogP) is 5.39. The van der Waals surface area contributed by atoms with Crippen molar-refractivity contribution in [1.82, 2.24) is 4.90 Å². The van der Waals surface area contributed by atoms with Crippen LogP contribution in [0.4, 0.5) is 45.3 Å². The SMILES string of the molecule is CN(C)C1c2ccoc2N=CN1c1ccc(N(C(N)=O)c2cc(C(F)(F)F)ccc2F)cc1. The van der Waals surface area contributed by atoms with Gasteiger partial charge >= 0.3 is 12.2 Å². The maximum absolute atomic E-state index is 14.4. The molecule has 172 valence electrons. The van der Waals surface area contributed by atoms with E-state index in [1.54, 1.807) is 24.7 Å². The number of nitrogens with zero attached hydrogens (tertiary/aromatic N) is 4. The molecule has 0 spiro atoms. The molecule has 1 aliphatic rings. The zero-order valence-electron chi connectivity index (χ0n) is 17.5. The molecule has 1 unspecified atom stereocenters. The minimum Gasteiger partial charge on any atom is -0.446 e. The number of furan rings is 1. The van der Waals surface area contributed by atoms with E-state index < -0.39 is 29.3 Å². The monoisotopic (exact) mass is 461 g/mol. The average molecular weight is 461 g/mol. The lowest BCUT2D eigenvalue weighted by Gasteiger charge is -2.36. The van der Waals surface area contributed by atoms with Crippen LogP contribution >= 0.6 is 0 Å². The molecule has 7 nitrogen and oxygen atoms in total. The van der Waals surface area contributed by atoms with Gasteiger partial charge < -0.3 is 15.1 Å². The molecule has 0 aliphatic carbocycles. The number of hydrogen-bond acceptors (Lipinski definition) is 5.